The van der Waals surface area contributed by atoms with E-state index in [1.165, 1.54) is 32.1 Å². The Bertz CT molecular complexity index is 480. The molecule has 4 bridgehead atoms. The van der Waals surface area contributed by atoms with E-state index >= 15 is 0 Å². The quantitative estimate of drug-likeness (QED) is 0.908. The van der Waals surface area contributed by atoms with Gasteiger partial charge >= 0.3 is 5.97 Å². The van der Waals surface area contributed by atoms with E-state index in [2.05, 4.69) is 9.55 Å². The average molecular weight is 260 g/mol. The summed E-state index contributed by atoms with van der Waals surface area (Å²) in [7, 11) is 0. The van der Waals surface area contributed by atoms with Crippen LogP contribution in [0.4, 0.5) is 0 Å². The molecule has 0 spiro atoms. The van der Waals surface area contributed by atoms with Gasteiger partial charge in [-0.2, -0.15) is 0 Å². The Balaban J connectivity index is 1.65. The zero-order valence-electron chi connectivity index (χ0n) is 11.0. The highest BCUT2D eigenvalue weighted by molar-refractivity contribution is 5.69. The monoisotopic (exact) mass is 260 g/mol. The van der Waals surface area contributed by atoms with Crippen LogP contribution in [0.25, 0.3) is 0 Å². The standard InChI is InChI=1S/C15H20N2O2/c18-14(19)8-13-16-1-2-17(13)15-11-4-9-3-10(6-11)7-12(15)5-9/h1-2,9-12,15H,3-8H2,(H,18,19). The summed E-state index contributed by atoms with van der Waals surface area (Å²) in [6.07, 6.45) is 10.7. The summed E-state index contributed by atoms with van der Waals surface area (Å²) < 4.78 is 2.20. The van der Waals surface area contributed by atoms with Gasteiger partial charge in [-0.25, -0.2) is 4.98 Å². The third-order valence-corrected chi connectivity index (χ3v) is 5.56. The maximum absolute atomic E-state index is 11.0. The van der Waals surface area contributed by atoms with Crippen molar-refractivity contribution < 1.29 is 9.90 Å². The first-order valence-electron chi connectivity index (χ1n) is 7.44. The van der Waals surface area contributed by atoms with Gasteiger partial charge in [-0.1, -0.05) is 0 Å². The molecule has 19 heavy (non-hydrogen) atoms. The van der Waals surface area contributed by atoms with Crippen LogP contribution in [0.1, 0.15) is 44.0 Å². The summed E-state index contributed by atoms with van der Waals surface area (Å²) in [6.45, 7) is 0. The number of aliphatic carboxylic acids is 1. The number of rotatable bonds is 3. The van der Waals surface area contributed by atoms with Gasteiger partial charge < -0.3 is 9.67 Å². The van der Waals surface area contributed by atoms with Crippen LogP contribution in [-0.2, 0) is 11.2 Å². The van der Waals surface area contributed by atoms with Gasteiger partial charge in [0.05, 0.1) is 0 Å². The SMILES string of the molecule is O=C(O)Cc1nccn1C1C2CC3CC(C2)CC1C3. The van der Waals surface area contributed by atoms with Gasteiger partial charge in [0.2, 0.25) is 0 Å². The molecule has 0 unspecified atom stereocenters. The van der Waals surface area contributed by atoms with Crippen molar-refractivity contribution in [2.24, 2.45) is 23.7 Å². The molecule has 4 aliphatic rings. The van der Waals surface area contributed by atoms with E-state index in [1.54, 1.807) is 6.20 Å². The Morgan fingerprint density at radius 1 is 1.21 bits per heavy atom. The first-order valence-corrected chi connectivity index (χ1v) is 7.44. The van der Waals surface area contributed by atoms with E-state index in [9.17, 15) is 4.79 Å². The molecular weight excluding hydrogens is 240 g/mol. The molecule has 0 saturated heterocycles. The second-order valence-electron chi connectivity index (χ2n) is 6.74. The van der Waals surface area contributed by atoms with Crippen LogP contribution in [0.2, 0.25) is 0 Å². The lowest BCUT2D eigenvalue weighted by atomic mass is 9.54. The highest BCUT2D eigenvalue weighted by Gasteiger charge is 2.49. The van der Waals surface area contributed by atoms with E-state index < -0.39 is 5.97 Å². The lowest BCUT2D eigenvalue weighted by Crippen LogP contribution is -2.46. The largest absolute Gasteiger partial charge is 0.481 e. The number of aromatic nitrogens is 2. The molecule has 5 rings (SSSR count). The number of imidazole rings is 1. The van der Waals surface area contributed by atoms with Crippen LogP contribution in [-0.4, -0.2) is 20.6 Å². The zero-order chi connectivity index (χ0) is 13.0. The summed E-state index contributed by atoms with van der Waals surface area (Å²) in [5.74, 6) is 3.38. The molecule has 4 saturated carbocycles. The van der Waals surface area contributed by atoms with Crippen molar-refractivity contribution in [2.75, 3.05) is 0 Å². The van der Waals surface area contributed by atoms with Crippen molar-refractivity contribution in [3.05, 3.63) is 18.2 Å². The fourth-order valence-corrected chi connectivity index (χ4v) is 5.24. The average Bonchev–Trinajstić information content (AvgIpc) is 2.75. The van der Waals surface area contributed by atoms with Crippen molar-refractivity contribution in [3.63, 3.8) is 0 Å². The Labute approximate surface area is 112 Å². The molecule has 0 aromatic carbocycles. The summed E-state index contributed by atoms with van der Waals surface area (Å²) in [5.41, 5.74) is 0. The molecule has 4 fully saturated rings. The maximum atomic E-state index is 11.0. The summed E-state index contributed by atoms with van der Waals surface area (Å²) in [5, 5.41) is 9.01. The number of carboxylic acid groups (broad SMARTS) is 1. The minimum Gasteiger partial charge on any atom is -0.481 e. The van der Waals surface area contributed by atoms with Crippen molar-refractivity contribution in [3.8, 4) is 0 Å². The molecule has 0 atom stereocenters. The van der Waals surface area contributed by atoms with Crippen LogP contribution < -0.4 is 0 Å². The molecule has 4 aliphatic carbocycles. The highest BCUT2D eigenvalue weighted by atomic mass is 16.4. The molecule has 4 nitrogen and oxygen atoms in total. The van der Waals surface area contributed by atoms with E-state index in [-0.39, 0.29) is 6.42 Å². The maximum Gasteiger partial charge on any atom is 0.311 e. The van der Waals surface area contributed by atoms with Gasteiger partial charge in [-0.15, -0.1) is 0 Å². The minimum atomic E-state index is -0.781. The number of hydrogen-bond acceptors (Lipinski definition) is 2. The lowest BCUT2D eigenvalue weighted by Gasteiger charge is -2.54. The fraction of sp³-hybridized carbons (Fsp3) is 0.733. The fourth-order valence-electron chi connectivity index (χ4n) is 5.24. The Morgan fingerprint density at radius 3 is 2.42 bits per heavy atom. The molecule has 0 radical (unpaired) electrons. The van der Waals surface area contributed by atoms with Crippen molar-refractivity contribution in [1.29, 1.82) is 0 Å². The summed E-state index contributed by atoms with van der Waals surface area (Å²) in [4.78, 5) is 15.2. The van der Waals surface area contributed by atoms with Crippen LogP contribution in [0.15, 0.2) is 12.4 Å². The highest BCUT2D eigenvalue weighted by Crippen LogP contribution is 2.58. The Hall–Kier alpha value is -1.32. The van der Waals surface area contributed by atoms with E-state index in [0.29, 0.717) is 6.04 Å². The van der Waals surface area contributed by atoms with Gasteiger partial charge in [-0.05, 0) is 55.8 Å². The van der Waals surface area contributed by atoms with Gasteiger partial charge in [0.25, 0.3) is 0 Å². The van der Waals surface area contributed by atoms with Crippen molar-refractivity contribution >= 4 is 5.97 Å². The molecule has 1 aromatic rings. The normalized spacial score (nSPS) is 39.7. The minimum absolute atomic E-state index is 0.0514. The van der Waals surface area contributed by atoms with E-state index in [0.717, 1.165) is 29.5 Å². The van der Waals surface area contributed by atoms with Crippen LogP contribution in [0, 0.1) is 23.7 Å². The van der Waals surface area contributed by atoms with Crippen LogP contribution in [0.3, 0.4) is 0 Å². The zero-order valence-corrected chi connectivity index (χ0v) is 11.0. The van der Waals surface area contributed by atoms with Crippen molar-refractivity contribution in [1.82, 2.24) is 9.55 Å². The summed E-state index contributed by atoms with van der Waals surface area (Å²) >= 11 is 0. The molecule has 0 aliphatic heterocycles. The second-order valence-corrected chi connectivity index (χ2v) is 6.74. The Morgan fingerprint density at radius 2 is 1.84 bits per heavy atom. The van der Waals surface area contributed by atoms with E-state index in [4.69, 9.17) is 5.11 Å². The topological polar surface area (TPSA) is 55.1 Å². The molecule has 1 heterocycles. The van der Waals surface area contributed by atoms with Gasteiger partial charge in [0.15, 0.2) is 0 Å². The van der Waals surface area contributed by atoms with Crippen LogP contribution >= 0.6 is 0 Å². The predicted octanol–water partition coefficient (Wildman–Crippen LogP) is 2.51. The summed E-state index contributed by atoms with van der Waals surface area (Å²) in [6, 6.07) is 0.518. The first-order chi connectivity index (χ1) is 9.20. The number of nitrogens with zero attached hydrogens (tertiary/aromatic N) is 2. The number of hydrogen-bond donors (Lipinski definition) is 1. The number of carboxylic acids is 1. The molecule has 102 valence electrons. The molecule has 0 amide bonds. The smallest absolute Gasteiger partial charge is 0.311 e. The van der Waals surface area contributed by atoms with Crippen molar-refractivity contribution in [2.45, 2.75) is 44.6 Å². The van der Waals surface area contributed by atoms with Gasteiger partial charge in [0.1, 0.15) is 12.2 Å². The lowest BCUT2D eigenvalue weighted by molar-refractivity contribution is -0.136. The molecule has 1 aromatic heterocycles. The first kappa shape index (κ1) is 11.5. The third-order valence-electron chi connectivity index (χ3n) is 5.56. The predicted molar refractivity (Wildman–Crippen MR) is 69.6 cm³/mol. The van der Waals surface area contributed by atoms with Crippen LogP contribution in [0.5, 0.6) is 0 Å². The van der Waals surface area contributed by atoms with Gasteiger partial charge in [0, 0.05) is 18.4 Å². The Kier molecular flexibility index (Phi) is 2.47. The molecule has 1 N–H and O–H groups in total. The van der Waals surface area contributed by atoms with Gasteiger partial charge in [-0.3, -0.25) is 4.79 Å². The molecule has 4 heteroatoms. The molecular formula is C15H20N2O2. The number of carbonyl (C=O) groups is 1. The third kappa shape index (κ3) is 1.80. The second kappa shape index (κ2) is 4.09. The van der Waals surface area contributed by atoms with E-state index in [1.807, 2.05) is 6.20 Å².